The molecule has 0 amide bonds. The third-order valence-electron chi connectivity index (χ3n) is 3.06. The molecule has 0 bridgehead atoms. The van der Waals surface area contributed by atoms with E-state index in [1.54, 1.807) is 0 Å². The van der Waals surface area contributed by atoms with Crippen molar-refractivity contribution in [3.63, 3.8) is 0 Å². The maximum absolute atomic E-state index is 2.52. The van der Waals surface area contributed by atoms with Crippen LogP contribution in [0.3, 0.4) is 0 Å². The Morgan fingerprint density at radius 2 is 1.75 bits per heavy atom. The zero-order chi connectivity index (χ0) is 9.30. The van der Waals surface area contributed by atoms with E-state index in [-0.39, 0.29) is 0 Å². The van der Waals surface area contributed by atoms with Gasteiger partial charge in [-0.25, -0.2) is 0 Å². The zero-order valence-electron chi connectivity index (χ0n) is 9.04. The minimum atomic E-state index is 0.705. The molecule has 1 aliphatic heterocycles. The van der Waals surface area contributed by atoms with Gasteiger partial charge in [-0.2, -0.15) is 0 Å². The molecule has 2 nitrogen and oxygen atoms in total. The number of hydrogen-bond acceptors (Lipinski definition) is 2. The quantitative estimate of drug-likeness (QED) is 0.585. The summed E-state index contributed by atoms with van der Waals surface area (Å²) in [6, 6.07) is 1.44. The molecule has 12 heavy (non-hydrogen) atoms. The summed E-state index contributed by atoms with van der Waals surface area (Å²) < 4.78 is 0. The number of piperazine rings is 1. The van der Waals surface area contributed by atoms with Crippen LogP contribution in [-0.2, 0) is 0 Å². The first-order valence-corrected chi connectivity index (χ1v) is 4.93. The summed E-state index contributed by atoms with van der Waals surface area (Å²) in [4.78, 5) is 4.96. The third kappa shape index (κ3) is 1.99. The highest BCUT2D eigenvalue weighted by atomic mass is 15.3. The Balaban J connectivity index is 2.60. The molecule has 2 unspecified atom stereocenters. The van der Waals surface area contributed by atoms with Crippen LogP contribution in [0.5, 0.6) is 0 Å². The minimum Gasteiger partial charge on any atom is -0.303 e. The number of hydrogen-bond donors (Lipinski definition) is 0. The van der Waals surface area contributed by atoms with Crippen LogP contribution in [0.2, 0.25) is 0 Å². The van der Waals surface area contributed by atoms with Crippen molar-refractivity contribution in [2.24, 2.45) is 5.92 Å². The summed E-state index contributed by atoms with van der Waals surface area (Å²) in [6.07, 6.45) is 0. The van der Waals surface area contributed by atoms with Crippen molar-refractivity contribution in [3.8, 4) is 0 Å². The predicted octanol–water partition coefficient (Wildman–Crippen LogP) is 1.28. The maximum atomic E-state index is 2.52. The summed E-state index contributed by atoms with van der Waals surface area (Å²) in [5, 5.41) is 0. The van der Waals surface area contributed by atoms with E-state index in [1.807, 2.05) is 0 Å². The van der Waals surface area contributed by atoms with Crippen LogP contribution in [0.15, 0.2) is 0 Å². The molecule has 1 heterocycles. The van der Waals surface area contributed by atoms with Crippen LogP contribution in [0.4, 0.5) is 0 Å². The molecule has 0 aromatic heterocycles. The van der Waals surface area contributed by atoms with E-state index in [1.165, 1.54) is 13.1 Å². The smallest absolute Gasteiger partial charge is 0.0246 e. The SMILES string of the molecule is CC(C)C1CN(C)CC(C)N1C. The highest BCUT2D eigenvalue weighted by Gasteiger charge is 2.29. The van der Waals surface area contributed by atoms with Crippen LogP contribution >= 0.6 is 0 Å². The minimum absolute atomic E-state index is 0.705. The van der Waals surface area contributed by atoms with Crippen molar-refractivity contribution in [2.75, 3.05) is 27.2 Å². The molecule has 72 valence electrons. The Labute approximate surface area is 76.5 Å². The van der Waals surface area contributed by atoms with Crippen molar-refractivity contribution in [2.45, 2.75) is 32.9 Å². The van der Waals surface area contributed by atoms with Gasteiger partial charge in [-0.05, 0) is 26.9 Å². The van der Waals surface area contributed by atoms with Gasteiger partial charge in [0.05, 0.1) is 0 Å². The van der Waals surface area contributed by atoms with Gasteiger partial charge >= 0.3 is 0 Å². The molecule has 0 aromatic carbocycles. The number of rotatable bonds is 1. The van der Waals surface area contributed by atoms with Gasteiger partial charge in [-0.1, -0.05) is 13.8 Å². The monoisotopic (exact) mass is 170 g/mol. The second-order valence-electron chi connectivity index (χ2n) is 4.55. The molecule has 1 rings (SSSR count). The fourth-order valence-corrected chi connectivity index (χ4v) is 2.11. The largest absolute Gasteiger partial charge is 0.303 e. The van der Waals surface area contributed by atoms with Gasteiger partial charge in [-0.3, -0.25) is 4.90 Å². The van der Waals surface area contributed by atoms with Crippen molar-refractivity contribution in [1.82, 2.24) is 9.80 Å². The lowest BCUT2D eigenvalue weighted by Gasteiger charge is -2.44. The van der Waals surface area contributed by atoms with Crippen LogP contribution in [0.1, 0.15) is 20.8 Å². The van der Waals surface area contributed by atoms with E-state index in [9.17, 15) is 0 Å². The number of nitrogens with zero attached hydrogens (tertiary/aromatic N) is 2. The molecule has 1 fully saturated rings. The van der Waals surface area contributed by atoms with E-state index >= 15 is 0 Å². The van der Waals surface area contributed by atoms with Crippen molar-refractivity contribution in [1.29, 1.82) is 0 Å². The molecule has 2 heteroatoms. The average molecular weight is 170 g/mol. The summed E-state index contributed by atoms with van der Waals surface area (Å²) in [5.74, 6) is 0.764. The zero-order valence-corrected chi connectivity index (χ0v) is 9.04. The van der Waals surface area contributed by atoms with Crippen LogP contribution < -0.4 is 0 Å². The summed E-state index contributed by atoms with van der Waals surface area (Å²) in [6.45, 7) is 9.36. The summed E-state index contributed by atoms with van der Waals surface area (Å²) >= 11 is 0. The average Bonchev–Trinajstić information content (AvgIpc) is 1.96. The Hall–Kier alpha value is -0.0800. The fraction of sp³-hybridized carbons (Fsp3) is 1.00. The Bertz CT molecular complexity index is 145. The molecule has 0 N–H and O–H groups in total. The maximum Gasteiger partial charge on any atom is 0.0246 e. The lowest BCUT2D eigenvalue weighted by atomic mass is 9.98. The topological polar surface area (TPSA) is 6.48 Å². The second kappa shape index (κ2) is 3.75. The predicted molar refractivity (Wildman–Crippen MR) is 53.3 cm³/mol. The third-order valence-corrected chi connectivity index (χ3v) is 3.06. The van der Waals surface area contributed by atoms with Crippen LogP contribution in [0, 0.1) is 5.92 Å². The Kier molecular flexibility index (Phi) is 3.13. The molecule has 0 aromatic rings. The van der Waals surface area contributed by atoms with Gasteiger partial charge in [0.25, 0.3) is 0 Å². The van der Waals surface area contributed by atoms with E-state index in [0.717, 1.165) is 12.0 Å². The standard InChI is InChI=1S/C10H22N2/c1-8(2)10-7-11(4)6-9(3)12(10)5/h8-10H,6-7H2,1-5H3. The normalized spacial score (nSPS) is 34.5. The molecule has 0 radical (unpaired) electrons. The molecule has 1 saturated heterocycles. The van der Waals surface area contributed by atoms with E-state index in [0.29, 0.717) is 6.04 Å². The highest BCUT2D eigenvalue weighted by molar-refractivity contribution is 4.85. The Morgan fingerprint density at radius 3 is 2.25 bits per heavy atom. The first-order chi connectivity index (χ1) is 5.52. The first kappa shape index (κ1) is 10.0. The van der Waals surface area contributed by atoms with E-state index in [4.69, 9.17) is 0 Å². The summed E-state index contributed by atoms with van der Waals surface area (Å²) in [5.41, 5.74) is 0. The summed E-state index contributed by atoms with van der Waals surface area (Å²) in [7, 11) is 4.47. The highest BCUT2D eigenvalue weighted by Crippen LogP contribution is 2.18. The molecule has 0 aliphatic carbocycles. The van der Waals surface area contributed by atoms with Gasteiger partial charge in [-0.15, -0.1) is 0 Å². The van der Waals surface area contributed by atoms with Crippen molar-refractivity contribution >= 4 is 0 Å². The molecule has 0 saturated carbocycles. The molecule has 1 aliphatic rings. The van der Waals surface area contributed by atoms with Gasteiger partial charge < -0.3 is 4.90 Å². The lowest BCUT2D eigenvalue weighted by molar-refractivity contribution is 0.0429. The van der Waals surface area contributed by atoms with Crippen LogP contribution in [-0.4, -0.2) is 49.1 Å². The first-order valence-electron chi connectivity index (χ1n) is 4.93. The lowest BCUT2D eigenvalue weighted by Crippen LogP contribution is -2.56. The molecular weight excluding hydrogens is 148 g/mol. The van der Waals surface area contributed by atoms with Crippen molar-refractivity contribution in [3.05, 3.63) is 0 Å². The Morgan fingerprint density at radius 1 is 1.17 bits per heavy atom. The van der Waals surface area contributed by atoms with E-state index < -0.39 is 0 Å². The molecule has 0 spiro atoms. The molecular formula is C10H22N2. The van der Waals surface area contributed by atoms with Gasteiger partial charge in [0.1, 0.15) is 0 Å². The fourth-order valence-electron chi connectivity index (χ4n) is 2.11. The second-order valence-corrected chi connectivity index (χ2v) is 4.55. The van der Waals surface area contributed by atoms with Gasteiger partial charge in [0.15, 0.2) is 0 Å². The van der Waals surface area contributed by atoms with Crippen LogP contribution in [0.25, 0.3) is 0 Å². The van der Waals surface area contributed by atoms with E-state index in [2.05, 4.69) is 44.7 Å². The molecule has 2 atom stereocenters. The van der Waals surface area contributed by atoms with Gasteiger partial charge in [0.2, 0.25) is 0 Å². The van der Waals surface area contributed by atoms with Crippen molar-refractivity contribution < 1.29 is 0 Å². The van der Waals surface area contributed by atoms with Gasteiger partial charge in [0, 0.05) is 25.2 Å². The number of likely N-dealkylation sites (N-methyl/N-ethyl adjacent to an activating group) is 2.